The summed E-state index contributed by atoms with van der Waals surface area (Å²) in [7, 11) is 0. The fourth-order valence-corrected chi connectivity index (χ4v) is 4.57. The average molecular weight is 365 g/mol. The third kappa shape index (κ3) is 3.66. The maximum Gasteiger partial charge on any atom is 0.263 e. The molecule has 2 N–H and O–H groups in total. The summed E-state index contributed by atoms with van der Waals surface area (Å²) in [4.78, 5) is 17.0. The molecule has 1 aromatic heterocycles. The Morgan fingerprint density at radius 3 is 2.58 bits per heavy atom. The second kappa shape index (κ2) is 8.15. The zero-order chi connectivity index (χ0) is 16.4. The predicted molar refractivity (Wildman–Crippen MR) is 103 cm³/mol. The van der Waals surface area contributed by atoms with Gasteiger partial charge in [0.1, 0.15) is 0 Å². The van der Waals surface area contributed by atoms with Crippen molar-refractivity contribution in [1.29, 1.82) is 0 Å². The second-order valence-electron chi connectivity index (χ2n) is 6.27. The molecule has 1 saturated heterocycles. The van der Waals surface area contributed by atoms with Crippen LogP contribution in [0.15, 0.2) is 36.4 Å². The van der Waals surface area contributed by atoms with Gasteiger partial charge in [0.25, 0.3) is 5.91 Å². The number of carbonyl (C=O) groups excluding carboxylic acids is 1. The Bertz CT molecular complexity index is 686. The average Bonchev–Trinajstić information content (AvgIpc) is 3.18. The molecule has 2 aromatic rings. The van der Waals surface area contributed by atoms with Crippen LogP contribution >= 0.6 is 23.7 Å². The van der Waals surface area contributed by atoms with Gasteiger partial charge in [-0.15, -0.1) is 23.7 Å². The third-order valence-electron chi connectivity index (χ3n) is 4.87. The van der Waals surface area contributed by atoms with Crippen molar-refractivity contribution in [3.8, 4) is 0 Å². The molecule has 1 amide bonds. The number of rotatable bonds is 4. The van der Waals surface area contributed by atoms with E-state index in [1.165, 1.54) is 16.0 Å². The molecule has 2 atom stereocenters. The Hall–Kier alpha value is -1.36. The molecular formula is C19H25ClN2OS. The number of carbonyl (C=O) groups is 1. The molecule has 1 aliphatic rings. The first-order chi connectivity index (χ1) is 11.1. The minimum Gasteiger partial charge on any atom is -0.337 e. The van der Waals surface area contributed by atoms with Crippen molar-refractivity contribution in [2.24, 2.45) is 11.7 Å². The lowest BCUT2D eigenvalue weighted by atomic mass is 9.89. The maximum atomic E-state index is 12.9. The highest BCUT2D eigenvalue weighted by molar-refractivity contribution is 7.14. The smallest absolute Gasteiger partial charge is 0.263 e. The summed E-state index contributed by atoms with van der Waals surface area (Å²) in [5.41, 5.74) is 8.55. The molecule has 0 saturated carbocycles. The standard InChI is InChI=1S/C19H24N2OS.ClH/c1-3-14-9-18(23-13(14)2)19(22)21-11-16(10-20)17(12-21)15-7-5-4-6-8-15;/h4-9,16-17H,3,10-12,20H2,1-2H3;1H/t16-,17+;/m1./s1. The Labute approximate surface area is 154 Å². The van der Waals surface area contributed by atoms with Crippen LogP contribution in [-0.4, -0.2) is 30.4 Å². The lowest BCUT2D eigenvalue weighted by Gasteiger charge is -2.16. The molecule has 1 fully saturated rings. The van der Waals surface area contributed by atoms with Gasteiger partial charge >= 0.3 is 0 Å². The van der Waals surface area contributed by atoms with Crippen molar-refractivity contribution < 1.29 is 4.79 Å². The van der Waals surface area contributed by atoms with Gasteiger partial charge in [-0.3, -0.25) is 4.79 Å². The van der Waals surface area contributed by atoms with Gasteiger partial charge in [0.15, 0.2) is 0 Å². The summed E-state index contributed by atoms with van der Waals surface area (Å²) in [6.07, 6.45) is 0.980. The molecule has 24 heavy (non-hydrogen) atoms. The Kier molecular flexibility index (Phi) is 6.44. The van der Waals surface area contributed by atoms with Crippen LogP contribution in [0.25, 0.3) is 0 Å². The van der Waals surface area contributed by atoms with Crippen LogP contribution in [-0.2, 0) is 6.42 Å². The van der Waals surface area contributed by atoms with Crippen LogP contribution in [0.4, 0.5) is 0 Å². The molecule has 0 radical (unpaired) electrons. The summed E-state index contributed by atoms with van der Waals surface area (Å²) >= 11 is 1.62. The number of halogens is 1. The van der Waals surface area contributed by atoms with Gasteiger partial charge in [-0.1, -0.05) is 37.3 Å². The van der Waals surface area contributed by atoms with Crippen LogP contribution in [0.2, 0.25) is 0 Å². The summed E-state index contributed by atoms with van der Waals surface area (Å²) in [6, 6.07) is 12.5. The zero-order valence-corrected chi connectivity index (χ0v) is 15.8. The number of hydrogen-bond donors (Lipinski definition) is 1. The van der Waals surface area contributed by atoms with Gasteiger partial charge in [-0.25, -0.2) is 0 Å². The normalized spacial score (nSPS) is 20.0. The number of aryl methyl sites for hydroxylation is 2. The molecule has 3 nitrogen and oxygen atoms in total. The van der Waals surface area contributed by atoms with Crippen molar-refractivity contribution in [3.05, 3.63) is 57.3 Å². The van der Waals surface area contributed by atoms with Crippen LogP contribution < -0.4 is 5.73 Å². The minimum absolute atomic E-state index is 0. The Morgan fingerprint density at radius 1 is 1.29 bits per heavy atom. The van der Waals surface area contributed by atoms with Gasteiger partial charge in [0.2, 0.25) is 0 Å². The van der Waals surface area contributed by atoms with E-state index in [1.807, 2.05) is 11.0 Å². The zero-order valence-electron chi connectivity index (χ0n) is 14.2. The second-order valence-corrected chi connectivity index (χ2v) is 7.53. The topological polar surface area (TPSA) is 46.3 Å². The minimum atomic E-state index is 0. The van der Waals surface area contributed by atoms with Crippen molar-refractivity contribution >= 4 is 29.7 Å². The number of nitrogens with two attached hydrogens (primary N) is 1. The molecule has 2 heterocycles. The monoisotopic (exact) mass is 364 g/mol. The largest absolute Gasteiger partial charge is 0.337 e. The van der Waals surface area contributed by atoms with E-state index in [-0.39, 0.29) is 18.3 Å². The van der Waals surface area contributed by atoms with Crippen molar-refractivity contribution in [2.45, 2.75) is 26.2 Å². The summed E-state index contributed by atoms with van der Waals surface area (Å²) in [6.45, 7) is 6.37. The molecule has 5 heteroatoms. The van der Waals surface area contributed by atoms with Gasteiger partial charge in [0.05, 0.1) is 4.88 Å². The lowest BCUT2D eigenvalue weighted by molar-refractivity contribution is 0.0791. The molecule has 130 valence electrons. The highest BCUT2D eigenvalue weighted by atomic mass is 35.5. The van der Waals surface area contributed by atoms with Crippen molar-refractivity contribution in [1.82, 2.24) is 4.90 Å². The van der Waals surface area contributed by atoms with Crippen molar-refractivity contribution in [3.63, 3.8) is 0 Å². The highest BCUT2D eigenvalue weighted by Crippen LogP contribution is 2.34. The van der Waals surface area contributed by atoms with E-state index in [1.54, 1.807) is 11.3 Å². The molecule has 0 spiro atoms. The molecule has 0 aliphatic carbocycles. The van der Waals surface area contributed by atoms with E-state index in [0.29, 0.717) is 18.4 Å². The van der Waals surface area contributed by atoms with E-state index >= 15 is 0 Å². The number of thiophene rings is 1. The maximum absolute atomic E-state index is 12.9. The van der Waals surface area contributed by atoms with E-state index in [9.17, 15) is 4.79 Å². The SMILES string of the molecule is CCc1cc(C(=O)N2C[C@@H](CN)[C@H](c3ccccc3)C2)sc1C.Cl. The molecule has 1 aliphatic heterocycles. The molecule has 0 unspecified atom stereocenters. The van der Waals surface area contributed by atoms with Crippen molar-refractivity contribution in [2.75, 3.05) is 19.6 Å². The number of likely N-dealkylation sites (tertiary alicyclic amines) is 1. The first kappa shape index (κ1) is 19.0. The molecule has 3 rings (SSSR count). The van der Waals surface area contributed by atoms with Gasteiger partial charge < -0.3 is 10.6 Å². The molecular weight excluding hydrogens is 340 g/mol. The van der Waals surface area contributed by atoms with Gasteiger partial charge in [0, 0.05) is 23.9 Å². The van der Waals surface area contributed by atoms with Gasteiger partial charge in [-0.05, 0) is 43.0 Å². The van der Waals surface area contributed by atoms with E-state index in [0.717, 1.165) is 24.4 Å². The van der Waals surface area contributed by atoms with Crippen LogP contribution in [0.5, 0.6) is 0 Å². The third-order valence-corrected chi connectivity index (χ3v) is 5.95. The first-order valence-electron chi connectivity index (χ1n) is 8.27. The number of nitrogens with zero attached hydrogens (tertiary/aromatic N) is 1. The van der Waals surface area contributed by atoms with E-state index in [4.69, 9.17) is 5.73 Å². The number of benzene rings is 1. The van der Waals surface area contributed by atoms with Crippen LogP contribution in [0.1, 0.15) is 38.5 Å². The highest BCUT2D eigenvalue weighted by Gasteiger charge is 2.36. The lowest BCUT2D eigenvalue weighted by Crippen LogP contribution is -2.29. The van der Waals surface area contributed by atoms with Crippen LogP contribution in [0, 0.1) is 12.8 Å². The Balaban J connectivity index is 0.00000208. The summed E-state index contributed by atoms with van der Waals surface area (Å²) < 4.78 is 0. The summed E-state index contributed by atoms with van der Waals surface area (Å²) in [5, 5.41) is 0. The van der Waals surface area contributed by atoms with Gasteiger partial charge in [-0.2, -0.15) is 0 Å². The number of amides is 1. The molecule has 1 aromatic carbocycles. The summed E-state index contributed by atoms with van der Waals surface area (Å²) in [5.74, 6) is 0.847. The first-order valence-corrected chi connectivity index (χ1v) is 9.09. The quantitative estimate of drug-likeness (QED) is 0.895. The predicted octanol–water partition coefficient (Wildman–Crippen LogP) is 3.86. The number of hydrogen-bond acceptors (Lipinski definition) is 3. The van der Waals surface area contributed by atoms with E-state index < -0.39 is 0 Å². The molecule has 0 bridgehead atoms. The van der Waals surface area contributed by atoms with Crippen LogP contribution in [0.3, 0.4) is 0 Å². The fraction of sp³-hybridized carbons (Fsp3) is 0.421. The van der Waals surface area contributed by atoms with E-state index in [2.05, 4.69) is 44.2 Å². The Morgan fingerprint density at radius 2 is 2.00 bits per heavy atom. The fourth-order valence-electron chi connectivity index (χ4n) is 3.49.